The predicted molar refractivity (Wildman–Crippen MR) is 177 cm³/mol. The van der Waals surface area contributed by atoms with E-state index < -0.39 is 0 Å². The first kappa shape index (κ1) is 32.0. The summed E-state index contributed by atoms with van der Waals surface area (Å²) in [7, 11) is 0. The zero-order valence-electron chi connectivity index (χ0n) is 26.4. The SMILES string of the molecule is CC1(C)CCC(C)(C)c2cc(C3=C=CC/C(C4CC/C=C\CCC4)=C\C=C/3)ccc21.[CH2]C#CCCCCCCC. The summed E-state index contributed by atoms with van der Waals surface area (Å²) in [6.45, 7) is 15.3. The molecule has 0 amide bonds. The highest BCUT2D eigenvalue weighted by Gasteiger charge is 2.37. The zero-order chi connectivity index (χ0) is 28.8. The molecule has 1 unspecified atom stereocenters. The summed E-state index contributed by atoms with van der Waals surface area (Å²) in [6, 6.07) is 7.15. The number of rotatable bonds is 7. The zero-order valence-corrected chi connectivity index (χ0v) is 26.4. The Morgan fingerprint density at radius 3 is 2.45 bits per heavy atom. The molecule has 40 heavy (non-hydrogen) atoms. The van der Waals surface area contributed by atoms with Gasteiger partial charge >= 0.3 is 0 Å². The Labute approximate surface area is 247 Å². The maximum absolute atomic E-state index is 3.64. The summed E-state index contributed by atoms with van der Waals surface area (Å²) < 4.78 is 0. The van der Waals surface area contributed by atoms with Crippen LogP contribution in [0.15, 0.2) is 66.0 Å². The van der Waals surface area contributed by atoms with Gasteiger partial charge < -0.3 is 0 Å². The van der Waals surface area contributed by atoms with Gasteiger partial charge in [0.1, 0.15) is 0 Å². The first-order valence-electron chi connectivity index (χ1n) is 16.2. The van der Waals surface area contributed by atoms with E-state index in [-0.39, 0.29) is 10.8 Å². The van der Waals surface area contributed by atoms with E-state index in [2.05, 4.69) is 114 Å². The van der Waals surface area contributed by atoms with Crippen molar-refractivity contribution in [2.45, 2.75) is 135 Å². The summed E-state index contributed by atoms with van der Waals surface area (Å²) in [5, 5.41) is 0. The summed E-state index contributed by atoms with van der Waals surface area (Å²) in [6.07, 6.45) is 31.6. The highest BCUT2D eigenvalue weighted by atomic mass is 14.4. The van der Waals surface area contributed by atoms with Crippen molar-refractivity contribution in [3.8, 4) is 11.8 Å². The molecule has 3 aliphatic carbocycles. The van der Waals surface area contributed by atoms with Crippen molar-refractivity contribution in [3.63, 3.8) is 0 Å². The summed E-state index contributed by atoms with van der Waals surface area (Å²) in [5.41, 5.74) is 11.3. The maximum atomic E-state index is 3.64. The van der Waals surface area contributed by atoms with Gasteiger partial charge in [0.05, 0.1) is 0 Å². The van der Waals surface area contributed by atoms with Gasteiger partial charge in [0.2, 0.25) is 0 Å². The van der Waals surface area contributed by atoms with Crippen molar-refractivity contribution in [1.29, 1.82) is 0 Å². The van der Waals surface area contributed by atoms with Crippen LogP contribution in [0.1, 0.15) is 141 Å². The third-order valence-electron chi connectivity index (χ3n) is 9.16. The Bertz CT molecular complexity index is 1160. The number of fused-ring (bicyclic) bond motifs is 1. The molecule has 0 heteroatoms. The quantitative estimate of drug-likeness (QED) is 0.141. The van der Waals surface area contributed by atoms with Crippen molar-refractivity contribution < 1.29 is 0 Å². The number of hydrogen-bond acceptors (Lipinski definition) is 0. The van der Waals surface area contributed by atoms with Gasteiger partial charge in [-0.1, -0.05) is 102 Å². The third kappa shape index (κ3) is 9.57. The van der Waals surface area contributed by atoms with E-state index in [1.807, 2.05) is 0 Å². The topological polar surface area (TPSA) is 0 Å². The lowest BCUT2D eigenvalue weighted by Crippen LogP contribution is -2.33. The van der Waals surface area contributed by atoms with Crippen LogP contribution in [0.5, 0.6) is 0 Å². The van der Waals surface area contributed by atoms with E-state index in [1.54, 1.807) is 5.57 Å². The smallest absolute Gasteiger partial charge is 0.0233 e. The van der Waals surface area contributed by atoms with Crippen LogP contribution in [0.2, 0.25) is 0 Å². The van der Waals surface area contributed by atoms with Gasteiger partial charge in [-0.3, -0.25) is 0 Å². The molecular formula is C40H55. The Morgan fingerprint density at radius 1 is 0.925 bits per heavy atom. The molecule has 0 fully saturated rings. The van der Waals surface area contributed by atoms with Gasteiger partial charge in [-0.25, -0.2) is 0 Å². The van der Waals surface area contributed by atoms with Crippen LogP contribution in [0.25, 0.3) is 5.57 Å². The van der Waals surface area contributed by atoms with E-state index in [9.17, 15) is 0 Å². The Morgan fingerprint density at radius 2 is 1.68 bits per heavy atom. The Balaban J connectivity index is 0.000000378. The molecule has 0 saturated heterocycles. The van der Waals surface area contributed by atoms with Crippen LogP contribution in [0, 0.1) is 24.7 Å². The lowest BCUT2D eigenvalue weighted by molar-refractivity contribution is 0.332. The lowest BCUT2D eigenvalue weighted by Gasteiger charge is -2.42. The van der Waals surface area contributed by atoms with E-state index >= 15 is 0 Å². The molecule has 1 atom stereocenters. The second-order valence-corrected chi connectivity index (χ2v) is 13.3. The van der Waals surface area contributed by atoms with E-state index in [1.165, 1.54) is 99.3 Å². The van der Waals surface area contributed by atoms with Crippen LogP contribution in [-0.4, -0.2) is 0 Å². The number of allylic oxidation sites excluding steroid dienone is 7. The fraction of sp³-hybridized carbons (Fsp3) is 0.550. The fourth-order valence-corrected chi connectivity index (χ4v) is 6.34. The summed E-state index contributed by atoms with van der Waals surface area (Å²) >= 11 is 0. The first-order valence-corrected chi connectivity index (χ1v) is 16.2. The molecule has 0 saturated carbocycles. The third-order valence-corrected chi connectivity index (χ3v) is 9.16. The Hall–Kier alpha value is -2.48. The van der Waals surface area contributed by atoms with Crippen LogP contribution in [0.3, 0.4) is 0 Å². The van der Waals surface area contributed by atoms with E-state index in [4.69, 9.17) is 0 Å². The minimum atomic E-state index is 0.246. The molecule has 3 aliphatic rings. The monoisotopic (exact) mass is 535 g/mol. The van der Waals surface area contributed by atoms with Gasteiger partial charge in [0, 0.05) is 18.9 Å². The lowest BCUT2D eigenvalue weighted by atomic mass is 9.63. The second-order valence-electron chi connectivity index (χ2n) is 13.3. The molecular weight excluding hydrogens is 480 g/mol. The summed E-state index contributed by atoms with van der Waals surface area (Å²) in [4.78, 5) is 0. The van der Waals surface area contributed by atoms with Gasteiger partial charge in [-0.15, -0.1) is 17.6 Å². The molecule has 1 aromatic rings. The molecule has 215 valence electrons. The molecule has 0 spiro atoms. The largest absolute Gasteiger partial charge is 0.116 e. The van der Waals surface area contributed by atoms with Crippen LogP contribution in [-0.2, 0) is 10.8 Å². The first-order chi connectivity index (χ1) is 19.3. The van der Waals surface area contributed by atoms with Crippen molar-refractivity contribution in [3.05, 3.63) is 89.6 Å². The fourth-order valence-electron chi connectivity index (χ4n) is 6.34. The minimum Gasteiger partial charge on any atom is -0.116 e. The molecule has 0 heterocycles. The van der Waals surface area contributed by atoms with Crippen molar-refractivity contribution in [1.82, 2.24) is 0 Å². The highest BCUT2D eigenvalue weighted by Crippen LogP contribution is 2.46. The Kier molecular flexibility index (Phi) is 12.9. The molecule has 4 rings (SSSR count). The van der Waals surface area contributed by atoms with Crippen molar-refractivity contribution in [2.24, 2.45) is 5.92 Å². The molecule has 0 aromatic heterocycles. The van der Waals surface area contributed by atoms with Gasteiger partial charge in [-0.05, 0) is 109 Å². The number of unbranched alkanes of at least 4 members (excludes halogenated alkanes) is 5. The van der Waals surface area contributed by atoms with Crippen molar-refractivity contribution in [2.75, 3.05) is 0 Å². The van der Waals surface area contributed by atoms with Gasteiger partial charge in [0.25, 0.3) is 0 Å². The second kappa shape index (κ2) is 16.1. The standard InChI is InChI=1S/C30H38.C10H17/c1-29(2)20-21-30(3,4)28-22-26(18-19-27(28)29)25-16-10-14-24(15-11-17-25)23-12-8-6-5-7-9-13-23;1-3-5-7-9-10-8-6-4-2/h5-6,10-11,14,16,18-19,22-23H,7-9,12-13,15,20-21H2,1-4H3;1,4,6-10H2,2H3/b6-5-,16-10-,24-14+;. The maximum Gasteiger partial charge on any atom is 0.0233 e. The molecule has 0 nitrogen and oxygen atoms in total. The average molecular weight is 536 g/mol. The van der Waals surface area contributed by atoms with Gasteiger partial charge in [-0.2, -0.15) is 0 Å². The average Bonchev–Trinajstić information content (AvgIpc) is 2.90. The van der Waals surface area contributed by atoms with Gasteiger partial charge in [0.15, 0.2) is 0 Å². The molecule has 1 radical (unpaired) electrons. The molecule has 0 aliphatic heterocycles. The van der Waals surface area contributed by atoms with Crippen LogP contribution in [0.4, 0.5) is 0 Å². The predicted octanol–water partition coefficient (Wildman–Crippen LogP) is 11.8. The van der Waals surface area contributed by atoms with Crippen LogP contribution >= 0.6 is 0 Å². The minimum absolute atomic E-state index is 0.246. The van der Waals surface area contributed by atoms with E-state index in [0.717, 1.165) is 18.8 Å². The highest BCUT2D eigenvalue weighted by molar-refractivity contribution is 5.75. The number of hydrogen-bond donors (Lipinski definition) is 0. The number of benzene rings is 1. The van der Waals surface area contributed by atoms with Crippen molar-refractivity contribution >= 4 is 5.57 Å². The van der Waals surface area contributed by atoms with E-state index in [0.29, 0.717) is 0 Å². The summed E-state index contributed by atoms with van der Waals surface area (Å²) in [5.74, 6) is 6.35. The molecule has 0 bridgehead atoms. The normalized spacial score (nSPS) is 24.0. The molecule has 0 N–H and O–H groups in total. The molecule has 1 aromatic carbocycles. The van der Waals surface area contributed by atoms with Crippen LogP contribution < -0.4 is 0 Å².